The molecule has 0 aromatic rings. The minimum Gasteiger partial charge on any atom is -0.443 e. The van der Waals surface area contributed by atoms with Gasteiger partial charge < -0.3 is 4.74 Å². The number of ether oxygens (including phenoxy) is 1. The highest BCUT2D eigenvalue weighted by Crippen LogP contribution is 2.40. The van der Waals surface area contributed by atoms with E-state index >= 15 is 0 Å². The molecule has 70 valence electrons. The number of carbonyl (C=O) groups excluding carboxylic acids is 1. The van der Waals surface area contributed by atoms with Gasteiger partial charge in [0.05, 0.1) is 5.92 Å². The zero-order valence-corrected chi connectivity index (χ0v) is 7.58. The Morgan fingerprint density at radius 3 is 2.46 bits per heavy atom. The highest BCUT2D eigenvalue weighted by atomic mass is 16.6. The number of hydrogen-bond donors (Lipinski definition) is 0. The van der Waals surface area contributed by atoms with Crippen molar-refractivity contribution in [1.82, 2.24) is 0 Å². The van der Waals surface area contributed by atoms with Gasteiger partial charge >= 0.3 is 5.97 Å². The van der Waals surface area contributed by atoms with Crippen molar-refractivity contribution >= 4 is 5.97 Å². The number of carbonyl (C=O) groups is 1. The molecule has 3 heteroatoms. The SMILES string of the molecule is N#CC1(OC(=O)C2CCCC2)CC1. The molecule has 0 aromatic carbocycles. The molecule has 0 atom stereocenters. The first-order chi connectivity index (χ1) is 6.26. The Balaban J connectivity index is 1.88. The highest BCUT2D eigenvalue weighted by Gasteiger charge is 2.48. The molecule has 0 saturated heterocycles. The molecule has 0 bridgehead atoms. The van der Waals surface area contributed by atoms with Gasteiger partial charge in [0.25, 0.3) is 0 Å². The molecule has 0 spiro atoms. The fourth-order valence-electron chi connectivity index (χ4n) is 1.79. The summed E-state index contributed by atoms with van der Waals surface area (Å²) in [5.74, 6) is -0.0672. The topological polar surface area (TPSA) is 50.1 Å². The summed E-state index contributed by atoms with van der Waals surface area (Å²) in [6.45, 7) is 0. The Labute approximate surface area is 77.7 Å². The summed E-state index contributed by atoms with van der Waals surface area (Å²) in [7, 11) is 0. The van der Waals surface area contributed by atoms with Crippen molar-refractivity contribution in [3.63, 3.8) is 0 Å². The second-order valence-corrected chi connectivity index (χ2v) is 4.01. The molecule has 2 saturated carbocycles. The average molecular weight is 179 g/mol. The molecule has 0 aromatic heterocycles. The van der Waals surface area contributed by atoms with E-state index in [1.54, 1.807) is 0 Å². The van der Waals surface area contributed by atoms with E-state index in [1.165, 1.54) is 0 Å². The van der Waals surface area contributed by atoms with Gasteiger partial charge in [-0.1, -0.05) is 12.8 Å². The van der Waals surface area contributed by atoms with Gasteiger partial charge in [0, 0.05) is 12.8 Å². The molecule has 2 aliphatic rings. The van der Waals surface area contributed by atoms with Crippen molar-refractivity contribution in [2.45, 2.75) is 44.1 Å². The number of rotatable bonds is 2. The lowest BCUT2D eigenvalue weighted by atomic mass is 10.1. The minimum absolute atomic E-state index is 0.0748. The van der Waals surface area contributed by atoms with Gasteiger partial charge in [0.2, 0.25) is 0 Å². The first kappa shape index (κ1) is 8.55. The number of hydrogen-bond acceptors (Lipinski definition) is 3. The molecule has 0 aliphatic heterocycles. The Morgan fingerprint density at radius 2 is 2.00 bits per heavy atom. The van der Waals surface area contributed by atoms with Crippen molar-refractivity contribution in [2.24, 2.45) is 5.92 Å². The Hall–Kier alpha value is -1.04. The smallest absolute Gasteiger partial charge is 0.310 e. The van der Waals surface area contributed by atoms with Crippen LogP contribution >= 0.6 is 0 Å². The van der Waals surface area contributed by atoms with Crippen molar-refractivity contribution < 1.29 is 9.53 Å². The second-order valence-electron chi connectivity index (χ2n) is 4.01. The maximum absolute atomic E-state index is 11.5. The van der Waals surface area contributed by atoms with Gasteiger partial charge in [-0.05, 0) is 12.8 Å². The normalized spacial score (nSPS) is 25.2. The number of nitrogens with zero attached hydrogens (tertiary/aromatic N) is 1. The molecular weight excluding hydrogens is 166 g/mol. The standard InChI is InChI=1S/C10H13NO2/c11-7-10(5-6-10)13-9(12)8-3-1-2-4-8/h8H,1-6H2. The number of nitriles is 1. The van der Waals surface area contributed by atoms with Gasteiger partial charge in [-0.25, -0.2) is 0 Å². The molecule has 2 rings (SSSR count). The van der Waals surface area contributed by atoms with Crippen LogP contribution < -0.4 is 0 Å². The summed E-state index contributed by atoms with van der Waals surface area (Å²) in [5.41, 5.74) is -0.723. The van der Waals surface area contributed by atoms with E-state index in [1.807, 2.05) is 0 Å². The summed E-state index contributed by atoms with van der Waals surface area (Å²) in [4.78, 5) is 11.5. The molecule has 3 nitrogen and oxygen atoms in total. The van der Waals surface area contributed by atoms with Gasteiger partial charge in [0.15, 0.2) is 5.60 Å². The van der Waals surface area contributed by atoms with Crippen LogP contribution in [-0.4, -0.2) is 11.6 Å². The van der Waals surface area contributed by atoms with Crippen LogP contribution in [0.3, 0.4) is 0 Å². The van der Waals surface area contributed by atoms with E-state index in [-0.39, 0.29) is 11.9 Å². The van der Waals surface area contributed by atoms with Crippen molar-refractivity contribution in [1.29, 1.82) is 5.26 Å². The lowest BCUT2D eigenvalue weighted by molar-refractivity contribution is -0.152. The average Bonchev–Trinajstić information content (AvgIpc) is 2.69. The van der Waals surface area contributed by atoms with Crippen LogP contribution in [0.5, 0.6) is 0 Å². The van der Waals surface area contributed by atoms with E-state index in [0.29, 0.717) is 0 Å². The maximum Gasteiger partial charge on any atom is 0.310 e. The van der Waals surface area contributed by atoms with Crippen LogP contribution in [0.2, 0.25) is 0 Å². The van der Waals surface area contributed by atoms with E-state index in [2.05, 4.69) is 6.07 Å². The van der Waals surface area contributed by atoms with Gasteiger partial charge in [-0.15, -0.1) is 0 Å². The minimum atomic E-state index is -0.723. The van der Waals surface area contributed by atoms with Crippen LogP contribution in [0.4, 0.5) is 0 Å². The van der Waals surface area contributed by atoms with E-state index < -0.39 is 5.60 Å². The van der Waals surface area contributed by atoms with Crippen LogP contribution in [0, 0.1) is 17.2 Å². The third-order valence-electron chi connectivity index (χ3n) is 2.89. The predicted octanol–water partition coefficient (Wildman–Crippen LogP) is 1.78. The lowest BCUT2D eigenvalue weighted by Crippen LogP contribution is -2.22. The monoisotopic (exact) mass is 179 g/mol. The van der Waals surface area contributed by atoms with Crippen LogP contribution in [0.1, 0.15) is 38.5 Å². The van der Waals surface area contributed by atoms with Crippen LogP contribution in [0.25, 0.3) is 0 Å². The molecule has 0 radical (unpaired) electrons. The Kier molecular flexibility index (Phi) is 1.99. The summed E-state index contributed by atoms with van der Waals surface area (Å²) in [5, 5.41) is 8.72. The summed E-state index contributed by atoms with van der Waals surface area (Å²) in [6, 6.07) is 2.06. The molecule has 0 amide bonds. The molecule has 0 N–H and O–H groups in total. The predicted molar refractivity (Wildman–Crippen MR) is 45.6 cm³/mol. The van der Waals surface area contributed by atoms with E-state index in [9.17, 15) is 4.79 Å². The Morgan fingerprint density at radius 1 is 1.38 bits per heavy atom. The summed E-state index contributed by atoms with van der Waals surface area (Å²) < 4.78 is 5.18. The molecular formula is C10H13NO2. The zero-order valence-electron chi connectivity index (χ0n) is 7.58. The second kappa shape index (κ2) is 3.02. The molecule has 0 unspecified atom stereocenters. The molecule has 13 heavy (non-hydrogen) atoms. The quantitative estimate of drug-likeness (QED) is 0.607. The van der Waals surface area contributed by atoms with Gasteiger partial charge in [-0.3, -0.25) is 4.79 Å². The van der Waals surface area contributed by atoms with Crippen molar-refractivity contribution in [3.8, 4) is 6.07 Å². The highest BCUT2D eigenvalue weighted by molar-refractivity contribution is 5.73. The van der Waals surface area contributed by atoms with Crippen molar-refractivity contribution in [2.75, 3.05) is 0 Å². The van der Waals surface area contributed by atoms with Crippen LogP contribution in [-0.2, 0) is 9.53 Å². The maximum atomic E-state index is 11.5. The fraction of sp³-hybridized carbons (Fsp3) is 0.800. The van der Waals surface area contributed by atoms with E-state index in [0.717, 1.165) is 38.5 Å². The zero-order chi connectivity index (χ0) is 9.31. The third kappa shape index (κ3) is 1.67. The number of esters is 1. The van der Waals surface area contributed by atoms with Crippen LogP contribution in [0.15, 0.2) is 0 Å². The van der Waals surface area contributed by atoms with Gasteiger partial charge in [-0.2, -0.15) is 5.26 Å². The lowest BCUT2D eigenvalue weighted by Gasteiger charge is -2.12. The Bertz CT molecular complexity index is 257. The van der Waals surface area contributed by atoms with E-state index in [4.69, 9.17) is 10.00 Å². The van der Waals surface area contributed by atoms with Crippen molar-refractivity contribution in [3.05, 3.63) is 0 Å². The van der Waals surface area contributed by atoms with Gasteiger partial charge in [0.1, 0.15) is 6.07 Å². The third-order valence-corrected chi connectivity index (χ3v) is 2.89. The molecule has 2 fully saturated rings. The summed E-state index contributed by atoms with van der Waals surface area (Å²) in [6.07, 6.45) is 5.59. The molecule has 0 heterocycles. The summed E-state index contributed by atoms with van der Waals surface area (Å²) >= 11 is 0. The first-order valence-electron chi connectivity index (χ1n) is 4.90. The largest absolute Gasteiger partial charge is 0.443 e. The molecule has 2 aliphatic carbocycles. The first-order valence-corrected chi connectivity index (χ1v) is 4.90. The fourth-order valence-corrected chi connectivity index (χ4v) is 1.79.